The minimum Gasteiger partial charge on any atom is -0.486 e. The predicted octanol–water partition coefficient (Wildman–Crippen LogP) is 4.62. The zero-order chi connectivity index (χ0) is 23.8. The Hall–Kier alpha value is -2.73. The van der Waals surface area contributed by atoms with E-state index < -0.39 is 6.04 Å². The number of ether oxygens (including phenoxy) is 2. The molecule has 2 aromatic rings. The average molecular weight is 473 g/mol. The van der Waals surface area contributed by atoms with Crippen LogP contribution in [0, 0.1) is 5.92 Å². The maximum absolute atomic E-state index is 13.4. The first kappa shape index (κ1) is 24.9. The summed E-state index contributed by atoms with van der Waals surface area (Å²) in [5.41, 5.74) is 1.93. The Morgan fingerprint density at radius 2 is 1.70 bits per heavy atom. The molecule has 0 aromatic heterocycles. The van der Waals surface area contributed by atoms with E-state index in [2.05, 4.69) is 5.32 Å². The van der Waals surface area contributed by atoms with Crippen molar-refractivity contribution in [1.82, 2.24) is 10.2 Å². The summed E-state index contributed by atoms with van der Waals surface area (Å²) < 4.78 is 11.2. The summed E-state index contributed by atoms with van der Waals surface area (Å²) in [5, 5.41) is 3.62. The smallest absolute Gasteiger partial charge is 0.242 e. The van der Waals surface area contributed by atoms with E-state index in [0.717, 1.165) is 16.9 Å². The Bertz CT molecular complexity index is 946. The molecule has 1 aliphatic rings. The van der Waals surface area contributed by atoms with Gasteiger partial charge in [0, 0.05) is 24.5 Å². The van der Waals surface area contributed by atoms with Crippen LogP contribution in [0.5, 0.6) is 11.5 Å². The molecular formula is C26H33ClN2O4. The maximum Gasteiger partial charge on any atom is 0.242 e. The Kier molecular flexibility index (Phi) is 9.01. The summed E-state index contributed by atoms with van der Waals surface area (Å²) in [6.07, 6.45) is 1.38. The van der Waals surface area contributed by atoms with E-state index in [9.17, 15) is 9.59 Å². The third-order valence-electron chi connectivity index (χ3n) is 5.57. The van der Waals surface area contributed by atoms with E-state index in [4.69, 9.17) is 21.1 Å². The number of fused-ring (bicyclic) bond motifs is 1. The molecule has 6 nitrogen and oxygen atoms in total. The molecule has 1 heterocycles. The molecule has 33 heavy (non-hydrogen) atoms. The molecule has 1 N–H and O–H groups in total. The fraction of sp³-hybridized carbons (Fsp3) is 0.462. The van der Waals surface area contributed by atoms with Crippen molar-refractivity contribution >= 4 is 23.4 Å². The fourth-order valence-corrected chi connectivity index (χ4v) is 3.89. The molecule has 0 saturated carbocycles. The van der Waals surface area contributed by atoms with Crippen LogP contribution in [0.3, 0.4) is 0 Å². The highest BCUT2D eigenvalue weighted by Crippen LogP contribution is 2.31. The lowest BCUT2D eigenvalue weighted by molar-refractivity contribution is -0.141. The Labute approximate surface area is 201 Å². The number of aryl methyl sites for hydroxylation is 1. The molecule has 3 rings (SSSR count). The van der Waals surface area contributed by atoms with Crippen LogP contribution in [0.1, 0.15) is 44.7 Å². The van der Waals surface area contributed by atoms with Crippen molar-refractivity contribution in [3.8, 4) is 11.5 Å². The highest BCUT2D eigenvalue weighted by Gasteiger charge is 2.28. The molecule has 2 aromatic carbocycles. The molecule has 2 amide bonds. The van der Waals surface area contributed by atoms with E-state index in [0.29, 0.717) is 62.3 Å². The van der Waals surface area contributed by atoms with Crippen LogP contribution in [0.15, 0.2) is 42.5 Å². The van der Waals surface area contributed by atoms with Crippen molar-refractivity contribution in [2.75, 3.05) is 19.8 Å². The fourth-order valence-electron chi connectivity index (χ4n) is 3.77. The topological polar surface area (TPSA) is 67.9 Å². The van der Waals surface area contributed by atoms with Crippen LogP contribution in [0.4, 0.5) is 0 Å². The van der Waals surface area contributed by atoms with Gasteiger partial charge in [0.1, 0.15) is 19.3 Å². The lowest BCUT2D eigenvalue weighted by Crippen LogP contribution is -2.49. The van der Waals surface area contributed by atoms with Gasteiger partial charge < -0.3 is 19.7 Å². The minimum atomic E-state index is -0.535. The normalized spacial score (nSPS) is 13.5. The van der Waals surface area contributed by atoms with Gasteiger partial charge in [-0.2, -0.15) is 0 Å². The van der Waals surface area contributed by atoms with E-state index in [1.807, 2.05) is 51.1 Å². The molecule has 0 aliphatic carbocycles. The van der Waals surface area contributed by atoms with Gasteiger partial charge in [-0.05, 0) is 54.2 Å². The van der Waals surface area contributed by atoms with Crippen LogP contribution in [0.25, 0.3) is 0 Å². The first-order valence-electron chi connectivity index (χ1n) is 11.6. The number of nitrogens with one attached hydrogen (secondary N) is 1. The number of nitrogens with zero attached hydrogens (tertiary/aromatic N) is 1. The van der Waals surface area contributed by atoms with Gasteiger partial charge in [-0.25, -0.2) is 0 Å². The van der Waals surface area contributed by atoms with Crippen LogP contribution in [0.2, 0.25) is 5.02 Å². The molecule has 0 unspecified atom stereocenters. The standard InChI is InChI=1S/C26H33ClN2O4/c1-4-22(26(31)28-16-18(2)3)29(17-20-5-9-21(27)10-6-20)25(30)12-8-19-7-11-23-24(15-19)33-14-13-32-23/h5-7,9-11,15,18,22H,4,8,12-14,16-17H2,1-3H3,(H,28,31)/t22-/m1/s1. The van der Waals surface area contributed by atoms with Gasteiger partial charge in [0.05, 0.1) is 0 Å². The second-order valence-electron chi connectivity index (χ2n) is 8.69. The first-order valence-corrected chi connectivity index (χ1v) is 11.9. The van der Waals surface area contributed by atoms with E-state index in [1.54, 1.807) is 17.0 Å². The van der Waals surface area contributed by atoms with Crippen molar-refractivity contribution in [1.29, 1.82) is 0 Å². The molecule has 178 valence electrons. The molecule has 0 bridgehead atoms. The first-order chi connectivity index (χ1) is 15.9. The summed E-state index contributed by atoms with van der Waals surface area (Å²) in [6, 6.07) is 12.6. The minimum absolute atomic E-state index is 0.0635. The summed E-state index contributed by atoms with van der Waals surface area (Å²) in [4.78, 5) is 28.0. The Morgan fingerprint density at radius 1 is 1.03 bits per heavy atom. The average Bonchev–Trinajstić information content (AvgIpc) is 2.82. The summed E-state index contributed by atoms with van der Waals surface area (Å²) in [6.45, 7) is 8.02. The van der Waals surface area contributed by atoms with E-state index in [1.165, 1.54) is 0 Å². The molecule has 1 atom stereocenters. The summed E-state index contributed by atoms with van der Waals surface area (Å²) in [7, 11) is 0. The molecule has 0 spiro atoms. The van der Waals surface area contributed by atoms with Crippen molar-refractivity contribution in [3.05, 3.63) is 58.6 Å². The number of hydrogen-bond donors (Lipinski definition) is 1. The number of halogens is 1. The quantitative estimate of drug-likeness (QED) is 0.547. The van der Waals surface area contributed by atoms with Gasteiger partial charge in [-0.3, -0.25) is 9.59 Å². The van der Waals surface area contributed by atoms with Crippen LogP contribution >= 0.6 is 11.6 Å². The van der Waals surface area contributed by atoms with Gasteiger partial charge in [-0.1, -0.05) is 50.6 Å². The number of amides is 2. The summed E-state index contributed by atoms with van der Waals surface area (Å²) >= 11 is 6.03. The number of carbonyl (C=O) groups excluding carboxylic acids is 2. The zero-order valence-electron chi connectivity index (χ0n) is 19.6. The molecule has 0 fully saturated rings. The number of hydrogen-bond acceptors (Lipinski definition) is 4. The molecule has 1 aliphatic heterocycles. The van der Waals surface area contributed by atoms with Gasteiger partial charge in [-0.15, -0.1) is 0 Å². The van der Waals surface area contributed by atoms with Crippen molar-refractivity contribution in [2.45, 2.75) is 52.6 Å². The van der Waals surface area contributed by atoms with Crippen molar-refractivity contribution in [2.24, 2.45) is 5.92 Å². The van der Waals surface area contributed by atoms with Gasteiger partial charge in [0.15, 0.2) is 11.5 Å². The van der Waals surface area contributed by atoms with Crippen molar-refractivity contribution < 1.29 is 19.1 Å². The van der Waals surface area contributed by atoms with Gasteiger partial charge >= 0.3 is 0 Å². The zero-order valence-corrected chi connectivity index (χ0v) is 20.4. The monoisotopic (exact) mass is 472 g/mol. The predicted molar refractivity (Wildman–Crippen MR) is 130 cm³/mol. The second-order valence-corrected chi connectivity index (χ2v) is 9.13. The lowest BCUT2D eigenvalue weighted by Gasteiger charge is -2.31. The maximum atomic E-state index is 13.4. The van der Waals surface area contributed by atoms with E-state index in [-0.39, 0.29) is 11.8 Å². The highest BCUT2D eigenvalue weighted by atomic mass is 35.5. The SMILES string of the molecule is CC[C@H](C(=O)NCC(C)C)N(Cc1ccc(Cl)cc1)C(=O)CCc1ccc2c(c1)OCCO2. The summed E-state index contributed by atoms with van der Waals surface area (Å²) in [5.74, 6) is 1.60. The second kappa shape index (κ2) is 11.9. The third-order valence-corrected chi connectivity index (χ3v) is 5.82. The molecular weight excluding hydrogens is 440 g/mol. The van der Waals surface area contributed by atoms with Crippen LogP contribution < -0.4 is 14.8 Å². The molecule has 7 heteroatoms. The highest BCUT2D eigenvalue weighted by molar-refractivity contribution is 6.30. The van der Waals surface area contributed by atoms with Gasteiger partial charge in [0.2, 0.25) is 11.8 Å². The van der Waals surface area contributed by atoms with Crippen LogP contribution in [-0.4, -0.2) is 42.5 Å². The van der Waals surface area contributed by atoms with Gasteiger partial charge in [0.25, 0.3) is 0 Å². The Balaban J connectivity index is 1.74. The molecule has 0 saturated heterocycles. The van der Waals surface area contributed by atoms with Crippen molar-refractivity contribution in [3.63, 3.8) is 0 Å². The lowest BCUT2D eigenvalue weighted by atomic mass is 10.1. The number of rotatable bonds is 10. The number of benzene rings is 2. The molecule has 0 radical (unpaired) electrons. The van der Waals surface area contributed by atoms with Crippen LogP contribution in [-0.2, 0) is 22.6 Å². The number of carbonyl (C=O) groups is 2. The Morgan fingerprint density at radius 3 is 2.36 bits per heavy atom. The third kappa shape index (κ3) is 7.13. The largest absolute Gasteiger partial charge is 0.486 e. The van der Waals surface area contributed by atoms with E-state index >= 15 is 0 Å².